The fourth-order valence-electron chi connectivity index (χ4n) is 1.72. The third-order valence-corrected chi connectivity index (χ3v) is 2.59. The predicted molar refractivity (Wildman–Crippen MR) is 51.0 cm³/mol. The van der Waals surface area contributed by atoms with Gasteiger partial charge in [0.1, 0.15) is 0 Å². The molecule has 2 unspecified atom stereocenters. The van der Waals surface area contributed by atoms with Crippen molar-refractivity contribution in [1.29, 1.82) is 0 Å². The number of methoxy groups -OCH3 is 1. The van der Waals surface area contributed by atoms with Crippen molar-refractivity contribution in [3.63, 3.8) is 0 Å². The molecule has 0 aliphatic carbocycles. The molecule has 1 aliphatic heterocycles. The first-order valence-corrected chi connectivity index (χ1v) is 5.02. The van der Waals surface area contributed by atoms with Gasteiger partial charge in [0.25, 0.3) is 0 Å². The van der Waals surface area contributed by atoms with E-state index < -0.39 is 30.0 Å². The summed E-state index contributed by atoms with van der Waals surface area (Å²) >= 11 is 0. The van der Waals surface area contributed by atoms with Gasteiger partial charge in [0.15, 0.2) is 0 Å². The van der Waals surface area contributed by atoms with Crippen molar-refractivity contribution in [1.82, 2.24) is 10.6 Å². The molecule has 0 bridgehead atoms. The van der Waals surface area contributed by atoms with E-state index in [0.29, 0.717) is 0 Å². The van der Waals surface area contributed by atoms with Crippen LogP contribution in [0.4, 0.5) is 13.2 Å². The van der Waals surface area contributed by atoms with Gasteiger partial charge in [-0.2, -0.15) is 13.2 Å². The van der Waals surface area contributed by atoms with Crippen LogP contribution in [0.3, 0.4) is 0 Å². The van der Waals surface area contributed by atoms with E-state index in [1.165, 1.54) is 0 Å². The molecular weight excluding hydrogens is 241 g/mol. The number of alkyl halides is 3. The number of amides is 1. The molecular formula is C9H13F3N2O3. The average Bonchev–Trinajstić information content (AvgIpc) is 2.27. The largest absolute Gasteiger partial charge is 0.462 e. The van der Waals surface area contributed by atoms with Crippen molar-refractivity contribution in [2.45, 2.75) is 18.6 Å². The van der Waals surface area contributed by atoms with Gasteiger partial charge >= 0.3 is 18.1 Å². The van der Waals surface area contributed by atoms with Crippen molar-refractivity contribution in [2.24, 2.45) is 5.92 Å². The van der Waals surface area contributed by atoms with E-state index in [9.17, 15) is 22.8 Å². The monoisotopic (exact) mass is 254 g/mol. The lowest BCUT2D eigenvalue weighted by Crippen LogP contribution is -2.56. The Labute approximate surface area is 95.7 Å². The first kappa shape index (κ1) is 13.8. The molecule has 98 valence electrons. The SMILES string of the molecule is COC(=O)C(=O)NC1CNCCC1C(F)(F)F. The molecule has 0 saturated carbocycles. The zero-order chi connectivity index (χ0) is 13.1. The highest BCUT2D eigenvalue weighted by Crippen LogP contribution is 2.32. The van der Waals surface area contributed by atoms with Crippen molar-refractivity contribution < 1.29 is 27.5 Å². The second-order valence-corrected chi connectivity index (χ2v) is 3.71. The number of esters is 1. The number of hydrogen-bond donors (Lipinski definition) is 2. The Morgan fingerprint density at radius 1 is 1.41 bits per heavy atom. The molecule has 1 aliphatic rings. The third kappa shape index (κ3) is 3.58. The molecule has 0 aromatic heterocycles. The molecule has 2 N–H and O–H groups in total. The minimum Gasteiger partial charge on any atom is -0.462 e. The third-order valence-electron chi connectivity index (χ3n) is 2.59. The Morgan fingerprint density at radius 3 is 2.59 bits per heavy atom. The summed E-state index contributed by atoms with van der Waals surface area (Å²) in [6.45, 7) is 0.210. The van der Waals surface area contributed by atoms with Gasteiger partial charge in [-0.15, -0.1) is 0 Å². The van der Waals surface area contributed by atoms with Crippen LogP contribution in [-0.4, -0.2) is 44.3 Å². The highest BCUT2D eigenvalue weighted by Gasteiger charge is 2.46. The van der Waals surface area contributed by atoms with Crippen LogP contribution in [-0.2, 0) is 14.3 Å². The van der Waals surface area contributed by atoms with Crippen LogP contribution >= 0.6 is 0 Å². The lowest BCUT2D eigenvalue weighted by Gasteiger charge is -2.33. The zero-order valence-corrected chi connectivity index (χ0v) is 9.13. The summed E-state index contributed by atoms with van der Waals surface area (Å²) in [5.41, 5.74) is 0. The molecule has 1 fully saturated rings. The second-order valence-electron chi connectivity index (χ2n) is 3.71. The number of piperidine rings is 1. The van der Waals surface area contributed by atoms with E-state index >= 15 is 0 Å². The number of ether oxygens (including phenoxy) is 1. The average molecular weight is 254 g/mol. The van der Waals surface area contributed by atoms with Crippen molar-refractivity contribution >= 4 is 11.9 Å². The van der Waals surface area contributed by atoms with Gasteiger partial charge in [-0.3, -0.25) is 4.79 Å². The Balaban J connectivity index is 2.66. The topological polar surface area (TPSA) is 67.4 Å². The molecule has 0 radical (unpaired) electrons. The Morgan fingerprint density at radius 2 is 2.06 bits per heavy atom. The number of halogens is 3. The van der Waals surface area contributed by atoms with Crippen molar-refractivity contribution in [2.75, 3.05) is 20.2 Å². The Bertz CT molecular complexity index is 306. The summed E-state index contributed by atoms with van der Waals surface area (Å²) in [4.78, 5) is 21.9. The van der Waals surface area contributed by atoms with E-state index in [0.717, 1.165) is 7.11 Å². The summed E-state index contributed by atoms with van der Waals surface area (Å²) in [6.07, 6.45) is -4.52. The summed E-state index contributed by atoms with van der Waals surface area (Å²) < 4.78 is 42.0. The van der Waals surface area contributed by atoms with Crippen LogP contribution in [0.1, 0.15) is 6.42 Å². The van der Waals surface area contributed by atoms with Crippen LogP contribution in [0.2, 0.25) is 0 Å². The van der Waals surface area contributed by atoms with E-state index in [1.807, 2.05) is 5.32 Å². The van der Waals surface area contributed by atoms with Gasteiger partial charge in [-0.25, -0.2) is 4.79 Å². The molecule has 8 heteroatoms. The second kappa shape index (κ2) is 5.35. The van der Waals surface area contributed by atoms with Gasteiger partial charge in [-0.1, -0.05) is 0 Å². The van der Waals surface area contributed by atoms with Crippen LogP contribution in [0.15, 0.2) is 0 Å². The van der Waals surface area contributed by atoms with Gasteiger partial charge in [0.2, 0.25) is 0 Å². The first-order chi connectivity index (χ1) is 7.86. The number of carbonyl (C=O) groups excluding carboxylic acids is 2. The predicted octanol–water partition coefficient (Wildman–Crippen LogP) is -0.184. The van der Waals surface area contributed by atoms with Crippen LogP contribution < -0.4 is 10.6 Å². The Kier molecular flexibility index (Phi) is 4.33. The number of rotatable bonds is 1. The number of carbonyl (C=O) groups is 2. The number of hydrogen-bond acceptors (Lipinski definition) is 4. The van der Waals surface area contributed by atoms with Crippen molar-refractivity contribution in [3.05, 3.63) is 0 Å². The normalized spacial score (nSPS) is 25.2. The van der Waals surface area contributed by atoms with Gasteiger partial charge in [-0.05, 0) is 13.0 Å². The first-order valence-electron chi connectivity index (χ1n) is 5.02. The summed E-state index contributed by atoms with van der Waals surface area (Å²) in [7, 11) is 0.988. The minimum atomic E-state index is -4.39. The van der Waals surface area contributed by atoms with Crippen LogP contribution in [0.25, 0.3) is 0 Å². The molecule has 0 spiro atoms. The molecule has 1 heterocycles. The maximum atomic E-state index is 12.6. The molecule has 1 saturated heterocycles. The summed E-state index contributed by atoms with van der Waals surface area (Å²) in [6, 6.07) is -1.14. The standard InChI is InChI=1S/C9H13F3N2O3/c1-17-8(16)7(15)14-6-4-13-3-2-5(6)9(10,11)12/h5-6,13H,2-4H2,1H3,(H,14,15). The zero-order valence-electron chi connectivity index (χ0n) is 9.13. The molecule has 5 nitrogen and oxygen atoms in total. The van der Waals surface area contributed by atoms with Crippen molar-refractivity contribution in [3.8, 4) is 0 Å². The van der Waals surface area contributed by atoms with Crippen LogP contribution in [0.5, 0.6) is 0 Å². The van der Waals surface area contributed by atoms with Gasteiger partial charge < -0.3 is 15.4 Å². The summed E-state index contributed by atoms with van der Waals surface area (Å²) in [5, 5.41) is 4.76. The van der Waals surface area contributed by atoms with E-state index in [1.54, 1.807) is 0 Å². The minimum absolute atomic E-state index is 0.0209. The fraction of sp³-hybridized carbons (Fsp3) is 0.778. The highest BCUT2D eigenvalue weighted by atomic mass is 19.4. The van der Waals surface area contributed by atoms with Crippen LogP contribution in [0, 0.1) is 5.92 Å². The lowest BCUT2D eigenvalue weighted by atomic mass is 9.92. The van der Waals surface area contributed by atoms with E-state index in [2.05, 4.69) is 10.1 Å². The maximum Gasteiger partial charge on any atom is 0.396 e. The quantitative estimate of drug-likeness (QED) is 0.503. The number of nitrogens with one attached hydrogen (secondary N) is 2. The van der Waals surface area contributed by atoms with E-state index in [4.69, 9.17) is 0 Å². The van der Waals surface area contributed by atoms with Gasteiger partial charge in [0.05, 0.1) is 19.1 Å². The fourth-order valence-corrected chi connectivity index (χ4v) is 1.72. The van der Waals surface area contributed by atoms with E-state index in [-0.39, 0.29) is 19.5 Å². The van der Waals surface area contributed by atoms with Gasteiger partial charge in [0, 0.05) is 6.54 Å². The molecule has 17 heavy (non-hydrogen) atoms. The smallest absolute Gasteiger partial charge is 0.396 e. The molecule has 0 aromatic rings. The molecule has 0 aromatic carbocycles. The molecule has 1 rings (SSSR count). The highest BCUT2D eigenvalue weighted by molar-refractivity contribution is 6.32. The summed E-state index contributed by atoms with van der Waals surface area (Å²) in [5.74, 6) is -4.00. The Hall–Kier alpha value is -1.31. The maximum absolute atomic E-state index is 12.6. The lowest BCUT2D eigenvalue weighted by molar-refractivity contribution is -0.188. The molecule has 2 atom stereocenters. The molecule has 1 amide bonds.